The van der Waals surface area contributed by atoms with Gasteiger partial charge in [-0.25, -0.2) is 4.98 Å². The van der Waals surface area contributed by atoms with Gasteiger partial charge in [-0.15, -0.1) is 0 Å². The predicted octanol–water partition coefficient (Wildman–Crippen LogP) is 3.16. The Morgan fingerprint density at radius 3 is 2.86 bits per heavy atom. The molecule has 0 bridgehead atoms. The van der Waals surface area contributed by atoms with Crippen LogP contribution in [-0.2, 0) is 17.8 Å². The number of hydrogen-bond donors (Lipinski definition) is 1. The van der Waals surface area contributed by atoms with Crippen LogP contribution < -0.4 is 5.32 Å². The lowest BCUT2D eigenvalue weighted by molar-refractivity contribution is -0.120. The van der Waals surface area contributed by atoms with E-state index in [4.69, 9.17) is 11.6 Å². The first-order valence-electron chi connectivity index (χ1n) is 7.06. The quantitative estimate of drug-likeness (QED) is 0.804. The fourth-order valence-corrected chi connectivity index (χ4v) is 2.58. The van der Waals surface area contributed by atoms with Crippen molar-refractivity contribution in [3.8, 4) is 0 Å². The van der Waals surface area contributed by atoms with Crippen molar-refractivity contribution in [3.05, 3.63) is 70.6 Å². The molecule has 4 nitrogen and oxygen atoms in total. The number of carbonyl (C=O) groups excluding carboxylic acids is 1. The van der Waals surface area contributed by atoms with E-state index in [0.717, 1.165) is 22.6 Å². The van der Waals surface area contributed by atoms with Crippen LogP contribution in [0.5, 0.6) is 0 Å². The number of pyridine rings is 1. The molecule has 2 aromatic heterocycles. The van der Waals surface area contributed by atoms with E-state index < -0.39 is 0 Å². The number of benzene rings is 1. The van der Waals surface area contributed by atoms with Gasteiger partial charge in [0.15, 0.2) is 0 Å². The monoisotopic (exact) mass is 313 g/mol. The Labute approximate surface area is 133 Å². The number of aryl methyl sites for hydroxylation is 1. The van der Waals surface area contributed by atoms with Crippen LogP contribution in [0, 0.1) is 6.92 Å². The molecular formula is C17H16ClN3O. The van der Waals surface area contributed by atoms with Crippen molar-refractivity contribution in [1.82, 2.24) is 14.7 Å². The number of hydrogen-bond acceptors (Lipinski definition) is 2. The molecule has 112 valence electrons. The molecule has 0 saturated carbocycles. The van der Waals surface area contributed by atoms with Crippen LogP contribution in [0.1, 0.15) is 17.0 Å². The first-order valence-corrected chi connectivity index (χ1v) is 7.44. The third-order valence-electron chi connectivity index (χ3n) is 3.47. The summed E-state index contributed by atoms with van der Waals surface area (Å²) >= 11 is 5.92. The smallest absolute Gasteiger partial charge is 0.224 e. The lowest BCUT2D eigenvalue weighted by Crippen LogP contribution is -2.24. The van der Waals surface area contributed by atoms with Gasteiger partial charge in [-0.05, 0) is 36.8 Å². The Balaban J connectivity index is 1.63. The van der Waals surface area contributed by atoms with Crippen LogP contribution in [0.15, 0.2) is 48.7 Å². The molecular weight excluding hydrogens is 298 g/mol. The number of fused-ring (bicyclic) bond motifs is 1. The Morgan fingerprint density at radius 1 is 1.27 bits per heavy atom. The zero-order valence-electron chi connectivity index (χ0n) is 12.2. The highest BCUT2D eigenvalue weighted by Gasteiger charge is 2.07. The maximum Gasteiger partial charge on any atom is 0.224 e. The molecule has 5 heteroatoms. The molecule has 22 heavy (non-hydrogen) atoms. The molecule has 0 aliphatic carbocycles. The lowest BCUT2D eigenvalue weighted by Gasteiger charge is -2.03. The van der Waals surface area contributed by atoms with Gasteiger partial charge in [-0.2, -0.15) is 0 Å². The van der Waals surface area contributed by atoms with Gasteiger partial charge in [-0.1, -0.05) is 29.8 Å². The zero-order chi connectivity index (χ0) is 15.5. The van der Waals surface area contributed by atoms with Crippen LogP contribution in [-0.4, -0.2) is 15.3 Å². The molecule has 1 amide bonds. The van der Waals surface area contributed by atoms with Crippen molar-refractivity contribution in [3.63, 3.8) is 0 Å². The summed E-state index contributed by atoms with van der Waals surface area (Å²) in [4.78, 5) is 16.5. The van der Waals surface area contributed by atoms with Crippen molar-refractivity contribution in [2.75, 3.05) is 0 Å². The molecule has 0 saturated heterocycles. The van der Waals surface area contributed by atoms with Crippen molar-refractivity contribution in [2.45, 2.75) is 19.9 Å². The summed E-state index contributed by atoms with van der Waals surface area (Å²) in [6, 6.07) is 13.3. The largest absolute Gasteiger partial charge is 0.350 e. The summed E-state index contributed by atoms with van der Waals surface area (Å²) in [6.07, 6.45) is 2.26. The highest BCUT2D eigenvalue weighted by atomic mass is 35.5. The summed E-state index contributed by atoms with van der Waals surface area (Å²) in [5.74, 6) is -0.0453. The van der Waals surface area contributed by atoms with Crippen LogP contribution in [0.25, 0.3) is 5.65 Å². The Bertz CT molecular complexity index is 826. The van der Waals surface area contributed by atoms with Gasteiger partial charge in [0.1, 0.15) is 5.65 Å². The molecule has 0 unspecified atom stereocenters. The number of halogens is 1. The fourth-order valence-electron chi connectivity index (χ4n) is 2.37. The van der Waals surface area contributed by atoms with E-state index in [1.54, 1.807) is 12.1 Å². The molecule has 0 aliphatic rings. The molecule has 3 aromatic rings. The molecule has 1 aromatic carbocycles. The first-order chi connectivity index (χ1) is 10.6. The topological polar surface area (TPSA) is 46.4 Å². The van der Waals surface area contributed by atoms with E-state index in [-0.39, 0.29) is 5.91 Å². The molecule has 0 atom stereocenters. The maximum atomic E-state index is 12.0. The molecule has 0 aliphatic heterocycles. The first kappa shape index (κ1) is 14.6. The van der Waals surface area contributed by atoms with Gasteiger partial charge in [0.05, 0.1) is 18.7 Å². The fraction of sp³-hybridized carbons (Fsp3) is 0.176. The third-order valence-corrected chi connectivity index (χ3v) is 3.70. The van der Waals surface area contributed by atoms with Gasteiger partial charge >= 0.3 is 0 Å². The third kappa shape index (κ3) is 3.28. The zero-order valence-corrected chi connectivity index (χ0v) is 13.0. The lowest BCUT2D eigenvalue weighted by atomic mass is 10.1. The summed E-state index contributed by atoms with van der Waals surface area (Å²) in [5, 5.41) is 3.53. The highest BCUT2D eigenvalue weighted by Crippen LogP contribution is 2.11. The van der Waals surface area contributed by atoms with Gasteiger partial charge < -0.3 is 9.72 Å². The number of amides is 1. The van der Waals surface area contributed by atoms with Crippen LogP contribution >= 0.6 is 11.6 Å². The maximum absolute atomic E-state index is 12.0. The number of carbonyl (C=O) groups is 1. The summed E-state index contributed by atoms with van der Waals surface area (Å²) < 4.78 is 2.01. The van der Waals surface area contributed by atoms with Gasteiger partial charge in [0.25, 0.3) is 0 Å². The van der Waals surface area contributed by atoms with Crippen LogP contribution in [0.4, 0.5) is 0 Å². The second-order valence-electron chi connectivity index (χ2n) is 5.21. The molecule has 3 rings (SSSR count). The Hall–Kier alpha value is -2.33. The molecule has 1 N–H and O–H groups in total. The minimum absolute atomic E-state index is 0.0453. The number of nitrogens with zero attached hydrogens (tertiary/aromatic N) is 2. The van der Waals surface area contributed by atoms with Crippen LogP contribution in [0.2, 0.25) is 5.02 Å². The summed E-state index contributed by atoms with van der Waals surface area (Å²) in [6.45, 7) is 2.44. The van der Waals surface area contributed by atoms with Crippen molar-refractivity contribution >= 4 is 23.2 Å². The van der Waals surface area contributed by atoms with Crippen molar-refractivity contribution < 1.29 is 4.79 Å². The second-order valence-corrected chi connectivity index (χ2v) is 5.65. The normalized spacial score (nSPS) is 10.8. The Kier molecular flexibility index (Phi) is 4.11. The van der Waals surface area contributed by atoms with Gasteiger partial charge in [0.2, 0.25) is 5.91 Å². The predicted molar refractivity (Wildman–Crippen MR) is 86.9 cm³/mol. The number of nitrogens with one attached hydrogen (secondary N) is 1. The molecule has 0 fully saturated rings. The van der Waals surface area contributed by atoms with E-state index in [0.29, 0.717) is 18.0 Å². The van der Waals surface area contributed by atoms with Crippen molar-refractivity contribution in [1.29, 1.82) is 0 Å². The minimum atomic E-state index is -0.0453. The minimum Gasteiger partial charge on any atom is -0.350 e. The van der Waals surface area contributed by atoms with E-state index in [9.17, 15) is 4.79 Å². The average Bonchev–Trinajstić information content (AvgIpc) is 2.90. The van der Waals surface area contributed by atoms with Gasteiger partial charge in [0, 0.05) is 16.9 Å². The number of rotatable bonds is 4. The van der Waals surface area contributed by atoms with E-state index in [2.05, 4.69) is 10.3 Å². The number of imidazole rings is 1. The molecule has 0 radical (unpaired) electrons. The van der Waals surface area contributed by atoms with Gasteiger partial charge in [-0.3, -0.25) is 4.79 Å². The number of aromatic nitrogens is 2. The highest BCUT2D eigenvalue weighted by molar-refractivity contribution is 6.30. The van der Waals surface area contributed by atoms with Crippen LogP contribution in [0.3, 0.4) is 0 Å². The summed E-state index contributed by atoms with van der Waals surface area (Å²) in [5.41, 5.74) is 3.74. The standard InChI is InChI=1S/C17H16ClN3O/c1-12-4-2-7-16-20-15(11-21(12)16)10-19-17(22)9-13-5-3-6-14(18)8-13/h2-8,11H,9-10H2,1H3,(H,19,22). The molecule has 2 heterocycles. The summed E-state index contributed by atoms with van der Waals surface area (Å²) in [7, 11) is 0. The SMILES string of the molecule is Cc1cccc2nc(CNC(=O)Cc3cccc(Cl)c3)cn12. The van der Waals surface area contributed by atoms with E-state index in [1.165, 1.54) is 0 Å². The Morgan fingerprint density at radius 2 is 2.09 bits per heavy atom. The van der Waals surface area contributed by atoms with Crippen molar-refractivity contribution in [2.24, 2.45) is 0 Å². The van der Waals surface area contributed by atoms with E-state index >= 15 is 0 Å². The molecule has 0 spiro atoms. The second kappa shape index (κ2) is 6.20. The van der Waals surface area contributed by atoms with E-state index in [1.807, 2.05) is 47.9 Å². The average molecular weight is 314 g/mol.